The Balaban J connectivity index is 2.19. The molecule has 0 aliphatic heterocycles. The summed E-state index contributed by atoms with van der Waals surface area (Å²) in [4.78, 5) is 16.7. The summed E-state index contributed by atoms with van der Waals surface area (Å²) >= 11 is 0.966. The Labute approximate surface area is 144 Å². The SMILES string of the molecule is CCC(C)=NNC(=O)c1sc(NS(=O)(=O)c2ccccc2)nc1C. The highest BCUT2D eigenvalue weighted by atomic mass is 32.2. The van der Waals surface area contributed by atoms with E-state index in [-0.39, 0.29) is 10.0 Å². The Bertz CT molecular complexity index is 858. The molecule has 9 heteroatoms. The van der Waals surface area contributed by atoms with Crippen LogP contribution < -0.4 is 10.1 Å². The number of rotatable bonds is 6. The Kier molecular flexibility index (Phi) is 5.68. The van der Waals surface area contributed by atoms with Crippen molar-refractivity contribution in [1.29, 1.82) is 0 Å². The van der Waals surface area contributed by atoms with Crippen LogP contribution in [-0.4, -0.2) is 25.0 Å². The van der Waals surface area contributed by atoms with Crippen molar-refractivity contribution in [3.63, 3.8) is 0 Å². The highest BCUT2D eigenvalue weighted by molar-refractivity contribution is 7.93. The third-order valence-corrected chi connectivity index (χ3v) is 5.69. The molecule has 1 heterocycles. The maximum Gasteiger partial charge on any atom is 0.283 e. The number of sulfonamides is 1. The van der Waals surface area contributed by atoms with Gasteiger partial charge in [0.05, 0.1) is 10.6 Å². The van der Waals surface area contributed by atoms with Crippen molar-refractivity contribution in [3.05, 3.63) is 40.9 Å². The van der Waals surface area contributed by atoms with Gasteiger partial charge in [0, 0.05) is 5.71 Å². The number of aryl methyl sites for hydroxylation is 1. The molecule has 0 aliphatic rings. The second-order valence-electron chi connectivity index (χ2n) is 4.99. The average Bonchev–Trinajstić information content (AvgIpc) is 2.92. The number of nitrogens with one attached hydrogen (secondary N) is 2. The summed E-state index contributed by atoms with van der Waals surface area (Å²) in [7, 11) is -3.73. The molecule has 2 rings (SSSR count). The fourth-order valence-corrected chi connectivity index (χ4v) is 3.81. The molecular weight excluding hydrogens is 348 g/mol. The zero-order valence-electron chi connectivity index (χ0n) is 13.5. The molecule has 128 valence electrons. The zero-order valence-corrected chi connectivity index (χ0v) is 15.2. The number of thiazole rings is 1. The first-order valence-corrected chi connectivity index (χ1v) is 9.52. The van der Waals surface area contributed by atoms with Gasteiger partial charge >= 0.3 is 0 Å². The van der Waals surface area contributed by atoms with Crippen molar-refractivity contribution in [3.8, 4) is 0 Å². The first-order chi connectivity index (χ1) is 11.3. The molecule has 2 N–H and O–H groups in total. The molecule has 7 nitrogen and oxygen atoms in total. The first-order valence-electron chi connectivity index (χ1n) is 7.22. The Morgan fingerprint density at radius 1 is 1.29 bits per heavy atom. The van der Waals surface area contributed by atoms with E-state index >= 15 is 0 Å². The molecule has 1 aromatic heterocycles. The molecule has 0 saturated heterocycles. The lowest BCUT2D eigenvalue weighted by molar-refractivity contribution is 0.0958. The van der Waals surface area contributed by atoms with Gasteiger partial charge < -0.3 is 0 Å². The van der Waals surface area contributed by atoms with Gasteiger partial charge in [0.15, 0.2) is 5.13 Å². The maximum atomic E-state index is 12.3. The van der Waals surface area contributed by atoms with Crippen LogP contribution in [-0.2, 0) is 10.0 Å². The number of amides is 1. The van der Waals surface area contributed by atoms with Crippen molar-refractivity contribution in [2.45, 2.75) is 32.1 Å². The molecule has 0 saturated carbocycles. The quantitative estimate of drug-likeness (QED) is 0.606. The first kappa shape index (κ1) is 18.1. The van der Waals surface area contributed by atoms with Crippen molar-refractivity contribution in [2.24, 2.45) is 5.10 Å². The predicted octanol–water partition coefficient (Wildman–Crippen LogP) is 2.77. The van der Waals surface area contributed by atoms with Crippen LogP contribution in [0.1, 0.15) is 35.6 Å². The fraction of sp³-hybridized carbons (Fsp3) is 0.267. The monoisotopic (exact) mass is 366 g/mol. The number of hydrazone groups is 1. The highest BCUT2D eigenvalue weighted by Crippen LogP contribution is 2.25. The molecule has 0 atom stereocenters. The van der Waals surface area contributed by atoms with Gasteiger partial charge in [0.2, 0.25) is 0 Å². The van der Waals surface area contributed by atoms with Gasteiger partial charge in [-0.3, -0.25) is 9.52 Å². The minimum absolute atomic E-state index is 0.132. The van der Waals surface area contributed by atoms with Gasteiger partial charge in [-0.15, -0.1) is 0 Å². The van der Waals surface area contributed by atoms with Crippen LogP contribution in [0.3, 0.4) is 0 Å². The van der Waals surface area contributed by atoms with E-state index in [1.54, 1.807) is 32.0 Å². The number of carbonyl (C=O) groups excluding carboxylic acids is 1. The van der Waals surface area contributed by atoms with Crippen LogP contribution in [0.4, 0.5) is 5.13 Å². The lowest BCUT2D eigenvalue weighted by Crippen LogP contribution is -2.18. The standard InChI is InChI=1S/C15H18N4O3S2/c1-4-10(2)17-18-14(20)13-11(3)16-15(23-13)19-24(21,22)12-8-6-5-7-9-12/h5-9H,4H2,1-3H3,(H,16,19)(H,18,20). The van der Waals surface area contributed by atoms with E-state index in [1.165, 1.54) is 12.1 Å². The third kappa shape index (κ3) is 4.39. The van der Waals surface area contributed by atoms with E-state index in [2.05, 4.69) is 20.2 Å². The lowest BCUT2D eigenvalue weighted by Gasteiger charge is -2.04. The molecule has 0 radical (unpaired) electrons. The summed E-state index contributed by atoms with van der Waals surface area (Å²) < 4.78 is 26.9. The molecule has 0 bridgehead atoms. The molecule has 0 aliphatic carbocycles. The van der Waals surface area contributed by atoms with Gasteiger partial charge in [-0.05, 0) is 32.4 Å². The maximum absolute atomic E-state index is 12.3. The Hall–Kier alpha value is -2.26. The average molecular weight is 366 g/mol. The minimum Gasteiger partial charge on any atom is -0.266 e. The van der Waals surface area contributed by atoms with Crippen LogP contribution in [0.25, 0.3) is 0 Å². The summed E-state index contributed by atoms with van der Waals surface area (Å²) in [5.74, 6) is -0.414. The number of anilines is 1. The number of hydrogen-bond donors (Lipinski definition) is 2. The van der Waals surface area contributed by atoms with E-state index in [0.29, 0.717) is 10.6 Å². The minimum atomic E-state index is -3.73. The molecule has 0 unspecified atom stereocenters. The Morgan fingerprint density at radius 2 is 1.96 bits per heavy atom. The molecule has 0 spiro atoms. The van der Waals surface area contributed by atoms with E-state index in [9.17, 15) is 13.2 Å². The van der Waals surface area contributed by atoms with Crippen molar-refractivity contribution >= 4 is 38.1 Å². The summed E-state index contributed by atoms with van der Waals surface area (Å²) in [6.45, 7) is 5.38. The molecule has 2 aromatic rings. The van der Waals surface area contributed by atoms with Gasteiger partial charge in [0.1, 0.15) is 4.88 Å². The smallest absolute Gasteiger partial charge is 0.266 e. The van der Waals surface area contributed by atoms with Crippen LogP contribution in [0.15, 0.2) is 40.3 Å². The highest BCUT2D eigenvalue weighted by Gasteiger charge is 2.20. The predicted molar refractivity (Wildman–Crippen MR) is 95.0 cm³/mol. The molecule has 1 amide bonds. The second kappa shape index (κ2) is 7.54. The van der Waals surface area contributed by atoms with Gasteiger partial charge in [-0.2, -0.15) is 5.10 Å². The largest absolute Gasteiger partial charge is 0.283 e. The van der Waals surface area contributed by atoms with Crippen LogP contribution in [0.5, 0.6) is 0 Å². The second-order valence-corrected chi connectivity index (χ2v) is 7.68. The van der Waals surface area contributed by atoms with Crippen LogP contribution in [0, 0.1) is 6.92 Å². The number of aromatic nitrogens is 1. The molecular formula is C15H18N4O3S2. The van der Waals surface area contributed by atoms with Crippen LogP contribution >= 0.6 is 11.3 Å². The zero-order chi connectivity index (χ0) is 17.7. The summed E-state index contributed by atoms with van der Waals surface area (Å²) in [5.41, 5.74) is 3.67. The number of nitrogens with zero attached hydrogens (tertiary/aromatic N) is 2. The molecule has 24 heavy (non-hydrogen) atoms. The molecule has 0 fully saturated rings. The molecule has 1 aromatic carbocycles. The summed E-state index contributed by atoms with van der Waals surface area (Å²) in [6.07, 6.45) is 0.726. The number of hydrogen-bond acceptors (Lipinski definition) is 6. The van der Waals surface area contributed by atoms with Gasteiger partial charge in [0.25, 0.3) is 15.9 Å². The van der Waals surface area contributed by atoms with Crippen molar-refractivity contribution < 1.29 is 13.2 Å². The van der Waals surface area contributed by atoms with E-state index in [4.69, 9.17) is 0 Å². The van der Waals surface area contributed by atoms with E-state index in [1.807, 2.05) is 6.92 Å². The topological polar surface area (TPSA) is 101 Å². The number of benzene rings is 1. The normalized spacial score (nSPS) is 12.0. The van der Waals surface area contributed by atoms with Crippen LogP contribution in [0.2, 0.25) is 0 Å². The van der Waals surface area contributed by atoms with E-state index in [0.717, 1.165) is 23.5 Å². The van der Waals surface area contributed by atoms with Gasteiger partial charge in [-0.1, -0.05) is 36.5 Å². The summed E-state index contributed by atoms with van der Waals surface area (Å²) in [6, 6.07) is 7.97. The fourth-order valence-electron chi connectivity index (χ4n) is 1.70. The van der Waals surface area contributed by atoms with Crippen molar-refractivity contribution in [1.82, 2.24) is 10.4 Å². The van der Waals surface area contributed by atoms with E-state index < -0.39 is 15.9 Å². The lowest BCUT2D eigenvalue weighted by atomic mass is 10.3. The third-order valence-electron chi connectivity index (χ3n) is 3.14. The Morgan fingerprint density at radius 3 is 2.58 bits per heavy atom. The summed E-state index contributed by atoms with van der Waals surface area (Å²) in [5, 5.41) is 4.09. The van der Waals surface area contributed by atoms with Crippen molar-refractivity contribution in [2.75, 3.05) is 4.72 Å². The number of carbonyl (C=O) groups is 1. The van der Waals surface area contributed by atoms with Gasteiger partial charge in [-0.25, -0.2) is 18.8 Å².